The van der Waals surface area contributed by atoms with E-state index in [4.69, 9.17) is 0 Å². The first-order chi connectivity index (χ1) is 12.5. The van der Waals surface area contributed by atoms with Gasteiger partial charge in [0, 0.05) is 5.41 Å². The molecule has 0 amide bonds. The van der Waals surface area contributed by atoms with Crippen molar-refractivity contribution in [3.05, 3.63) is 12.2 Å². The Morgan fingerprint density at radius 3 is 2.69 bits per heavy atom. The lowest BCUT2D eigenvalue weighted by molar-refractivity contribution is -0.247. The first-order valence-corrected chi connectivity index (χ1v) is 11.4. The van der Waals surface area contributed by atoms with Crippen LogP contribution in [0.4, 0.5) is 0 Å². The number of aliphatic carboxylic acids is 1. The van der Waals surface area contributed by atoms with Crippen molar-refractivity contribution in [1.82, 2.24) is 0 Å². The number of rotatable bonds is 2. The molecule has 0 radical (unpaired) electrons. The molecule has 10 unspecified atom stereocenters. The molecule has 0 aromatic carbocycles. The molecule has 2 heteroatoms. The number of hydrogen-bond donors (Lipinski definition) is 1. The number of fused-ring (bicyclic) bond motifs is 8. The van der Waals surface area contributed by atoms with Crippen LogP contribution in [0, 0.1) is 57.2 Å². The molecule has 6 fully saturated rings. The zero-order valence-electron chi connectivity index (χ0n) is 16.0. The summed E-state index contributed by atoms with van der Waals surface area (Å²) >= 11 is 0. The van der Waals surface area contributed by atoms with Crippen molar-refractivity contribution in [1.29, 1.82) is 0 Å². The molecule has 10 atom stereocenters. The van der Waals surface area contributed by atoms with Crippen molar-refractivity contribution in [2.75, 3.05) is 0 Å². The van der Waals surface area contributed by atoms with Crippen LogP contribution in [0.3, 0.4) is 0 Å². The van der Waals surface area contributed by atoms with E-state index in [9.17, 15) is 9.90 Å². The van der Waals surface area contributed by atoms with Gasteiger partial charge >= 0.3 is 5.97 Å². The van der Waals surface area contributed by atoms with E-state index in [1.54, 1.807) is 0 Å². The van der Waals surface area contributed by atoms with Crippen LogP contribution in [-0.4, -0.2) is 11.1 Å². The molecule has 6 saturated carbocycles. The monoisotopic (exact) mass is 352 g/mol. The SMILES string of the molecule is CC1(C(=O)O)CC2C=CC1(C13CC(C4CCCC41)C1C4CCCC13C4)C2. The smallest absolute Gasteiger partial charge is 0.310 e. The summed E-state index contributed by atoms with van der Waals surface area (Å²) in [4.78, 5) is 12.7. The minimum atomic E-state index is -0.527. The third-order valence-corrected chi connectivity index (χ3v) is 11.8. The van der Waals surface area contributed by atoms with Crippen molar-refractivity contribution in [2.24, 2.45) is 57.2 Å². The molecule has 1 N–H and O–H groups in total. The molecule has 26 heavy (non-hydrogen) atoms. The molecular weight excluding hydrogens is 320 g/mol. The highest BCUT2D eigenvalue weighted by atomic mass is 16.4. The number of allylic oxidation sites excluding steroid dienone is 2. The molecule has 7 rings (SSSR count). The maximum atomic E-state index is 12.7. The Balaban J connectivity index is 1.50. The lowest BCUT2D eigenvalue weighted by atomic mass is 9.31. The molecular formula is C24H32O2. The largest absolute Gasteiger partial charge is 0.481 e. The predicted molar refractivity (Wildman–Crippen MR) is 99.3 cm³/mol. The molecule has 0 heterocycles. The van der Waals surface area contributed by atoms with Gasteiger partial charge < -0.3 is 5.11 Å². The van der Waals surface area contributed by atoms with E-state index < -0.39 is 11.4 Å². The lowest BCUT2D eigenvalue weighted by Crippen LogP contribution is -2.68. The standard InChI is InChI=1S/C24H32O2/c1-21(20(25)26)10-14-7-9-23(21,11-14)24-13-17(16-5-2-6-18(16)24)19-15-4-3-8-22(19,24)12-15/h7,9,14-19H,2-6,8,10-13H2,1H3,(H,25,26). The van der Waals surface area contributed by atoms with Gasteiger partial charge in [0.25, 0.3) is 0 Å². The van der Waals surface area contributed by atoms with Gasteiger partial charge in [-0.2, -0.15) is 0 Å². The van der Waals surface area contributed by atoms with E-state index >= 15 is 0 Å². The molecule has 7 aliphatic rings. The first kappa shape index (κ1) is 15.2. The maximum absolute atomic E-state index is 12.7. The average Bonchev–Trinajstić information content (AvgIpc) is 3.36. The van der Waals surface area contributed by atoms with Gasteiger partial charge in [-0.15, -0.1) is 0 Å². The van der Waals surface area contributed by atoms with Gasteiger partial charge in [0.15, 0.2) is 0 Å². The highest BCUT2D eigenvalue weighted by Gasteiger charge is 2.86. The van der Waals surface area contributed by atoms with E-state index in [1.807, 2.05) is 0 Å². The Morgan fingerprint density at radius 2 is 1.92 bits per heavy atom. The lowest BCUT2D eigenvalue weighted by Gasteiger charge is -2.73. The zero-order valence-corrected chi connectivity index (χ0v) is 16.0. The molecule has 0 aromatic rings. The van der Waals surface area contributed by atoms with Gasteiger partial charge in [0.1, 0.15) is 0 Å². The Bertz CT molecular complexity index is 751. The van der Waals surface area contributed by atoms with Gasteiger partial charge in [0.05, 0.1) is 5.41 Å². The molecule has 7 aliphatic carbocycles. The molecule has 0 spiro atoms. The van der Waals surface area contributed by atoms with Gasteiger partial charge in [-0.3, -0.25) is 4.79 Å². The van der Waals surface area contributed by atoms with E-state index in [0.717, 1.165) is 42.4 Å². The van der Waals surface area contributed by atoms with Crippen LogP contribution in [0.5, 0.6) is 0 Å². The normalized spacial score (nSPS) is 65.9. The number of hydrogen-bond acceptors (Lipinski definition) is 1. The number of carbonyl (C=O) groups is 1. The second-order valence-electron chi connectivity index (χ2n) is 11.7. The zero-order chi connectivity index (χ0) is 17.5. The Labute approximate surface area is 156 Å². The van der Waals surface area contributed by atoms with Crippen molar-refractivity contribution >= 4 is 5.97 Å². The predicted octanol–water partition coefficient (Wildman–Crippen LogP) is 5.29. The molecule has 0 aliphatic heterocycles. The van der Waals surface area contributed by atoms with Crippen LogP contribution >= 0.6 is 0 Å². The van der Waals surface area contributed by atoms with E-state index in [1.165, 1.54) is 51.4 Å². The van der Waals surface area contributed by atoms with Gasteiger partial charge in [-0.25, -0.2) is 0 Å². The minimum Gasteiger partial charge on any atom is -0.481 e. The molecule has 2 nitrogen and oxygen atoms in total. The summed E-state index contributed by atoms with van der Waals surface area (Å²) in [6.07, 6.45) is 18.4. The number of carboxylic acids is 1. The van der Waals surface area contributed by atoms with Crippen LogP contribution in [0.25, 0.3) is 0 Å². The van der Waals surface area contributed by atoms with Gasteiger partial charge in [-0.05, 0) is 98.2 Å². The summed E-state index contributed by atoms with van der Waals surface area (Å²) in [5, 5.41) is 10.4. The van der Waals surface area contributed by atoms with E-state index in [2.05, 4.69) is 19.1 Å². The summed E-state index contributed by atoms with van der Waals surface area (Å²) in [5.74, 6) is 4.71. The summed E-state index contributed by atoms with van der Waals surface area (Å²) in [6, 6.07) is 0. The third kappa shape index (κ3) is 1.16. The van der Waals surface area contributed by atoms with Crippen LogP contribution < -0.4 is 0 Å². The third-order valence-electron chi connectivity index (χ3n) is 11.8. The Hall–Kier alpha value is -0.790. The minimum absolute atomic E-state index is 0.0461. The van der Waals surface area contributed by atoms with Crippen LogP contribution in [0.2, 0.25) is 0 Å². The van der Waals surface area contributed by atoms with Gasteiger partial charge in [0.2, 0.25) is 0 Å². The maximum Gasteiger partial charge on any atom is 0.310 e. The van der Waals surface area contributed by atoms with Crippen molar-refractivity contribution in [3.8, 4) is 0 Å². The van der Waals surface area contributed by atoms with Crippen molar-refractivity contribution in [2.45, 2.75) is 71.1 Å². The summed E-state index contributed by atoms with van der Waals surface area (Å²) in [6.45, 7) is 2.15. The summed E-state index contributed by atoms with van der Waals surface area (Å²) < 4.78 is 0. The molecule has 140 valence electrons. The molecule has 0 saturated heterocycles. The summed E-state index contributed by atoms with van der Waals surface area (Å²) in [5.41, 5.74) is 0.269. The Kier molecular flexibility index (Phi) is 2.41. The second kappa shape index (κ2) is 4.13. The van der Waals surface area contributed by atoms with Crippen LogP contribution in [0.1, 0.15) is 71.1 Å². The fourth-order valence-electron chi connectivity index (χ4n) is 11.6. The van der Waals surface area contributed by atoms with E-state index in [0.29, 0.717) is 16.7 Å². The first-order valence-electron chi connectivity index (χ1n) is 11.4. The highest BCUT2D eigenvalue weighted by molar-refractivity contribution is 5.78. The quantitative estimate of drug-likeness (QED) is 0.686. The molecule has 6 bridgehead atoms. The van der Waals surface area contributed by atoms with Crippen molar-refractivity contribution < 1.29 is 9.90 Å². The van der Waals surface area contributed by atoms with Crippen LogP contribution in [-0.2, 0) is 4.79 Å². The average molecular weight is 353 g/mol. The van der Waals surface area contributed by atoms with E-state index in [-0.39, 0.29) is 5.41 Å². The summed E-state index contributed by atoms with van der Waals surface area (Å²) in [7, 11) is 0. The van der Waals surface area contributed by atoms with Crippen molar-refractivity contribution in [3.63, 3.8) is 0 Å². The van der Waals surface area contributed by atoms with Gasteiger partial charge in [-0.1, -0.05) is 31.4 Å². The number of carboxylic acid groups (broad SMARTS) is 1. The fourth-order valence-corrected chi connectivity index (χ4v) is 11.6. The topological polar surface area (TPSA) is 37.3 Å². The highest BCUT2D eigenvalue weighted by Crippen LogP contribution is 2.92. The Morgan fingerprint density at radius 1 is 1.04 bits per heavy atom. The second-order valence-corrected chi connectivity index (χ2v) is 11.7. The molecule has 0 aromatic heterocycles. The van der Waals surface area contributed by atoms with Crippen LogP contribution in [0.15, 0.2) is 12.2 Å². The fraction of sp³-hybridized carbons (Fsp3) is 0.875.